The zero-order valence-corrected chi connectivity index (χ0v) is 19.3. The Hall–Kier alpha value is -4.58. The Morgan fingerprint density at radius 3 is 2.78 bits per heavy atom. The highest BCUT2D eigenvalue weighted by Crippen LogP contribution is 2.38. The first-order valence-corrected chi connectivity index (χ1v) is 10.8. The normalized spacial score (nSPS) is 14.2. The molecule has 2 aromatic heterocycles. The van der Waals surface area contributed by atoms with E-state index in [0.717, 1.165) is 0 Å². The number of hydrogen-bond donors (Lipinski definition) is 3. The third-order valence-electron chi connectivity index (χ3n) is 5.34. The number of halogens is 1. The van der Waals surface area contributed by atoms with Gasteiger partial charge in [0.1, 0.15) is 23.5 Å². The van der Waals surface area contributed by atoms with E-state index in [1.54, 1.807) is 25.2 Å². The molecule has 6 bridgehead atoms. The van der Waals surface area contributed by atoms with Gasteiger partial charge in [-0.1, -0.05) is 0 Å². The number of nitrogens with zero attached hydrogens (tertiary/aromatic N) is 5. The second-order valence-corrected chi connectivity index (χ2v) is 7.97. The lowest BCUT2D eigenvalue weighted by molar-refractivity contribution is 0.0963. The summed E-state index contributed by atoms with van der Waals surface area (Å²) in [5.41, 5.74) is 2.39. The smallest absolute Gasteiger partial charge is 0.256 e. The minimum absolute atomic E-state index is 0.0270. The van der Waals surface area contributed by atoms with Gasteiger partial charge in [-0.05, 0) is 41.5 Å². The van der Waals surface area contributed by atoms with Gasteiger partial charge in [-0.2, -0.15) is 10.1 Å². The number of ether oxygens (including phenoxy) is 2. The van der Waals surface area contributed by atoms with Gasteiger partial charge in [-0.25, -0.2) is 14.4 Å². The van der Waals surface area contributed by atoms with Gasteiger partial charge < -0.3 is 25.4 Å². The third-order valence-corrected chi connectivity index (χ3v) is 5.34. The molecule has 0 saturated heterocycles. The van der Waals surface area contributed by atoms with Crippen molar-refractivity contribution in [1.82, 2.24) is 30.0 Å². The molecule has 0 atom stereocenters. The van der Waals surface area contributed by atoms with Crippen LogP contribution in [0.3, 0.4) is 0 Å². The lowest BCUT2D eigenvalue weighted by atomic mass is 10.1. The summed E-state index contributed by atoms with van der Waals surface area (Å²) in [6, 6.07) is 7.84. The number of aryl methyl sites for hydroxylation is 1. The second kappa shape index (κ2) is 9.58. The molecule has 0 spiro atoms. The van der Waals surface area contributed by atoms with Crippen molar-refractivity contribution >= 4 is 29.0 Å². The summed E-state index contributed by atoms with van der Waals surface area (Å²) in [4.78, 5) is 25.7. The molecule has 2 aromatic carbocycles. The zero-order valence-electron chi connectivity index (χ0n) is 22.3. The van der Waals surface area contributed by atoms with Crippen molar-refractivity contribution in [1.29, 1.82) is 0 Å². The summed E-state index contributed by atoms with van der Waals surface area (Å²) < 4.78 is 49.7. The zero-order chi connectivity index (χ0) is 27.7. The Kier molecular flexibility index (Phi) is 5.24. The van der Waals surface area contributed by atoms with Crippen LogP contribution in [0.25, 0.3) is 11.4 Å². The molecule has 184 valence electrons. The van der Waals surface area contributed by atoms with Gasteiger partial charge in [0.15, 0.2) is 11.6 Å². The summed E-state index contributed by atoms with van der Waals surface area (Å²) in [5, 5.41) is 12.3. The SMILES string of the molecule is [2H]C([2H])([2H])NC(=O)c1cnc2nc1Nc1cc(cc(-c3ncn(C)n3)c1OC)COCc1cc(F)cc(c1)N2. The fraction of sp³-hybridized carbons (Fsp3) is 0.208. The Bertz CT molecular complexity index is 1560. The number of benzene rings is 2. The molecule has 0 fully saturated rings. The maximum Gasteiger partial charge on any atom is 0.256 e. The van der Waals surface area contributed by atoms with Gasteiger partial charge in [0.25, 0.3) is 5.91 Å². The Morgan fingerprint density at radius 1 is 1.19 bits per heavy atom. The number of hydrogen-bond acceptors (Lipinski definition) is 9. The average molecular weight is 494 g/mol. The molecule has 0 unspecified atom stereocenters. The van der Waals surface area contributed by atoms with E-state index in [4.69, 9.17) is 13.6 Å². The molecule has 1 aliphatic heterocycles. The number of aromatic nitrogens is 5. The molecular formula is C24H23FN8O3. The number of methoxy groups -OCH3 is 1. The van der Waals surface area contributed by atoms with Crippen molar-refractivity contribution in [3.8, 4) is 17.1 Å². The van der Waals surface area contributed by atoms with Crippen molar-refractivity contribution in [2.45, 2.75) is 13.2 Å². The van der Waals surface area contributed by atoms with Crippen molar-refractivity contribution in [2.75, 3.05) is 24.7 Å². The van der Waals surface area contributed by atoms with Crippen LogP contribution < -0.4 is 20.7 Å². The van der Waals surface area contributed by atoms with Gasteiger partial charge in [0.05, 0.1) is 31.6 Å². The molecule has 1 aliphatic rings. The quantitative estimate of drug-likeness (QED) is 0.394. The summed E-state index contributed by atoms with van der Waals surface area (Å²) >= 11 is 0. The minimum atomic E-state index is -2.74. The highest BCUT2D eigenvalue weighted by atomic mass is 19.1. The molecule has 36 heavy (non-hydrogen) atoms. The van der Waals surface area contributed by atoms with E-state index < -0.39 is 18.7 Å². The number of nitrogens with one attached hydrogen (secondary N) is 3. The van der Waals surface area contributed by atoms with Gasteiger partial charge in [-0.15, -0.1) is 0 Å². The van der Waals surface area contributed by atoms with Crippen LogP contribution in [-0.4, -0.2) is 44.7 Å². The molecule has 3 N–H and O–H groups in total. The maximum absolute atomic E-state index is 14.3. The first kappa shape index (κ1) is 19.7. The fourth-order valence-corrected chi connectivity index (χ4v) is 3.83. The molecule has 5 rings (SSSR count). The van der Waals surface area contributed by atoms with Crippen molar-refractivity contribution < 1.29 is 22.8 Å². The first-order chi connectivity index (χ1) is 18.6. The van der Waals surface area contributed by atoms with E-state index in [1.165, 1.54) is 36.4 Å². The van der Waals surface area contributed by atoms with E-state index in [-0.39, 0.29) is 30.5 Å². The van der Waals surface area contributed by atoms with Crippen LogP contribution in [0.2, 0.25) is 0 Å². The van der Waals surface area contributed by atoms with Gasteiger partial charge in [-0.3, -0.25) is 9.48 Å². The van der Waals surface area contributed by atoms with Crippen LogP contribution in [0.4, 0.5) is 27.5 Å². The topological polar surface area (TPSA) is 128 Å². The summed E-state index contributed by atoms with van der Waals surface area (Å²) in [7, 11) is 3.20. The number of rotatable bonds is 3. The van der Waals surface area contributed by atoms with Gasteiger partial charge in [0, 0.05) is 30.0 Å². The molecule has 0 aliphatic carbocycles. The van der Waals surface area contributed by atoms with Gasteiger partial charge >= 0.3 is 0 Å². The van der Waals surface area contributed by atoms with E-state index in [1.807, 2.05) is 5.32 Å². The van der Waals surface area contributed by atoms with E-state index >= 15 is 0 Å². The van der Waals surface area contributed by atoms with Crippen LogP contribution in [-0.2, 0) is 25.0 Å². The molecule has 0 radical (unpaired) electrons. The monoisotopic (exact) mass is 493 g/mol. The van der Waals surface area contributed by atoms with E-state index in [9.17, 15) is 9.18 Å². The maximum atomic E-state index is 14.3. The average Bonchev–Trinajstić information content (AvgIpc) is 3.28. The van der Waals surface area contributed by atoms with Crippen LogP contribution in [0, 0.1) is 5.82 Å². The highest BCUT2D eigenvalue weighted by molar-refractivity contribution is 5.99. The van der Waals surface area contributed by atoms with E-state index in [0.29, 0.717) is 39.6 Å². The molecular weight excluding hydrogens is 467 g/mol. The van der Waals surface area contributed by atoms with Crippen molar-refractivity contribution in [3.63, 3.8) is 0 Å². The molecule has 1 amide bonds. The lowest BCUT2D eigenvalue weighted by Gasteiger charge is -2.18. The predicted molar refractivity (Wildman–Crippen MR) is 130 cm³/mol. The Labute approximate surface area is 209 Å². The highest BCUT2D eigenvalue weighted by Gasteiger charge is 2.21. The summed E-state index contributed by atoms with van der Waals surface area (Å²) in [6.45, 7) is -2.48. The van der Waals surface area contributed by atoms with Crippen LogP contribution in [0.1, 0.15) is 25.6 Å². The van der Waals surface area contributed by atoms with Crippen LogP contribution in [0.15, 0.2) is 42.9 Å². The number of carbonyl (C=O) groups is 1. The summed E-state index contributed by atoms with van der Waals surface area (Å²) in [6.07, 6.45) is 2.71. The standard InChI is InChI=1S/C24H23FN8O3/c1-26-23(34)18-9-27-24-29-16-5-13(4-15(25)8-16)10-36-11-14-6-17(21-28-12-33(2)32-21)20(35-3)19(7-14)30-22(18)31-24/h4-9,12H,10-11H2,1-3H3,(H,26,34)(H2,27,29,30,31)/i1D3. The van der Waals surface area contributed by atoms with Crippen molar-refractivity contribution in [2.24, 2.45) is 7.05 Å². The molecule has 11 nitrogen and oxygen atoms in total. The van der Waals surface area contributed by atoms with E-state index in [2.05, 4.69) is 30.7 Å². The first-order valence-electron chi connectivity index (χ1n) is 12.3. The third kappa shape index (κ3) is 4.66. The Balaban J connectivity index is 1.68. The lowest BCUT2D eigenvalue weighted by Crippen LogP contribution is -2.20. The molecule has 4 aromatic rings. The van der Waals surface area contributed by atoms with Crippen LogP contribution in [0.5, 0.6) is 5.75 Å². The summed E-state index contributed by atoms with van der Waals surface area (Å²) in [5.74, 6) is -0.699. The number of carbonyl (C=O) groups excluding carboxylic acids is 1. The molecule has 12 heteroatoms. The Morgan fingerprint density at radius 2 is 2.03 bits per heavy atom. The number of fused-ring (bicyclic) bond motifs is 6. The number of amides is 1. The van der Waals surface area contributed by atoms with Crippen LogP contribution >= 0.6 is 0 Å². The largest absolute Gasteiger partial charge is 0.494 e. The number of anilines is 4. The second-order valence-electron chi connectivity index (χ2n) is 7.97. The van der Waals surface area contributed by atoms with Crippen molar-refractivity contribution in [3.05, 3.63) is 65.4 Å². The minimum Gasteiger partial charge on any atom is -0.494 e. The molecule has 0 saturated carbocycles. The molecule has 3 heterocycles. The van der Waals surface area contributed by atoms with Gasteiger partial charge in [0.2, 0.25) is 5.95 Å². The fourth-order valence-electron chi connectivity index (χ4n) is 3.83. The predicted octanol–water partition coefficient (Wildman–Crippen LogP) is 3.30.